The van der Waals surface area contributed by atoms with Crippen LogP contribution in [-0.4, -0.2) is 21.3 Å². The van der Waals surface area contributed by atoms with Crippen LogP contribution < -0.4 is 0 Å². The molecule has 0 aliphatic rings. The highest BCUT2D eigenvalue weighted by Crippen LogP contribution is 2.31. The second-order valence-corrected chi connectivity index (χ2v) is 5.14. The molecule has 0 saturated carbocycles. The molecule has 0 aromatic carbocycles. The smallest absolute Gasteiger partial charge is 0.371 e. The quantitative estimate of drug-likeness (QED) is 0.906. The molecule has 2 heterocycles. The van der Waals surface area contributed by atoms with Crippen molar-refractivity contribution in [2.45, 2.75) is 36.8 Å². The topological polar surface area (TPSA) is 100 Å². The number of nitrogens with zero attached hydrogens (tertiary/aromatic N) is 3. The summed E-state index contributed by atoms with van der Waals surface area (Å²) < 4.78 is 5.16. The fraction of sp³-hybridized carbons (Fsp3) is 0.286. The van der Waals surface area contributed by atoms with Crippen LogP contribution in [0.2, 0.25) is 0 Å². The van der Waals surface area contributed by atoms with Crippen molar-refractivity contribution >= 4 is 17.7 Å². The van der Waals surface area contributed by atoms with E-state index >= 15 is 0 Å². The second kappa shape index (κ2) is 6.41. The first-order valence-electron chi connectivity index (χ1n) is 6.40. The molecule has 0 amide bonds. The Kier molecular flexibility index (Phi) is 4.60. The molecule has 6 nitrogen and oxygen atoms in total. The van der Waals surface area contributed by atoms with E-state index in [2.05, 4.69) is 16.3 Å². The fourth-order valence-electron chi connectivity index (χ4n) is 1.93. The molecule has 7 heteroatoms. The number of rotatable bonds is 5. The summed E-state index contributed by atoms with van der Waals surface area (Å²) >= 11 is 1.10. The lowest BCUT2D eigenvalue weighted by molar-refractivity contribution is 0.0656. The van der Waals surface area contributed by atoms with Crippen molar-refractivity contribution in [2.24, 2.45) is 0 Å². The van der Waals surface area contributed by atoms with Crippen LogP contribution in [0.1, 0.15) is 41.2 Å². The van der Waals surface area contributed by atoms with E-state index in [9.17, 15) is 10.1 Å². The molecule has 0 bridgehead atoms. The zero-order chi connectivity index (χ0) is 15.4. The molecule has 21 heavy (non-hydrogen) atoms. The van der Waals surface area contributed by atoms with Crippen molar-refractivity contribution in [3.8, 4) is 6.07 Å². The van der Waals surface area contributed by atoms with Gasteiger partial charge in [0.2, 0.25) is 5.76 Å². The summed E-state index contributed by atoms with van der Waals surface area (Å²) in [6.07, 6.45) is 1.40. The van der Waals surface area contributed by atoms with E-state index in [1.54, 1.807) is 0 Å². The summed E-state index contributed by atoms with van der Waals surface area (Å²) in [6, 6.07) is 5.06. The largest absolute Gasteiger partial charge is 0.475 e. The molecule has 2 rings (SSSR count). The molecule has 1 N–H and O–H groups in total. The molecule has 2 aromatic heterocycles. The number of hydrogen-bond donors (Lipinski definition) is 1. The summed E-state index contributed by atoms with van der Waals surface area (Å²) in [5.41, 5.74) is 2.16. The van der Waals surface area contributed by atoms with Gasteiger partial charge in [-0.1, -0.05) is 13.8 Å². The van der Waals surface area contributed by atoms with E-state index in [1.807, 2.05) is 13.8 Å². The first kappa shape index (κ1) is 15.1. The van der Waals surface area contributed by atoms with Crippen LogP contribution in [0.15, 0.2) is 26.7 Å². The van der Waals surface area contributed by atoms with Crippen LogP contribution in [0.3, 0.4) is 0 Å². The summed E-state index contributed by atoms with van der Waals surface area (Å²) in [5, 5.41) is 27.2. The monoisotopic (exact) mass is 303 g/mol. The molecule has 0 atom stereocenters. The fourth-order valence-corrected chi connectivity index (χ4v) is 2.74. The number of nitriles is 1. The van der Waals surface area contributed by atoms with Gasteiger partial charge in [-0.25, -0.2) is 4.79 Å². The highest BCUT2D eigenvalue weighted by atomic mass is 32.2. The van der Waals surface area contributed by atoms with Crippen molar-refractivity contribution in [3.63, 3.8) is 0 Å². The minimum Gasteiger partial charge on any atom is -0.475 e. The molecule has 0 aliphatic heterocycles. The highest BCUT2D eigenvalue weighted by molar-refractivity contribution is 7.99. The van der Waals surface area contributed by atoms with Gasteiger partial charge in [-0.3, -0.25) is 0 Å². The maximum Gasteiger partial charge on any atom is 0.371 e. The molecule has 0 saturated heterocycles. The van der Waals surface area contributed by atoms with Crippen molar-refractivity contribution in [1.29, 1.82) is 5.26 Å². The van der Waals surface area contributed by atoms with E-state index in [4.69, 9.17) is 9.52 Å². The third kappa shape index (κ3) is 3.06. The highest BCUT2D eigenvalue weighted by Gasteiger charge is 2.17. The number of aromatic nitrogens is 2. The number of carbonyl (C=O) groups is 1. The van der Waals surface area contributed by atoms with Crippen molar-refractivity contribution in [2.75, 3.05) is 0 Å². The molecule has 108 valence electrons. The van der Waals surface area contributed by atoms with Crippen molar-refractivity contribution in [3.05, 3.63) is 34.7 Å². The van der Waals surface area contributed by atoms with Gasteiger partial charge in [0.05, 0.1) is 11.3 Å². The maximum absolute atomic E-state index is 10.8. The van der Waals surface area contributed by atoms with E-state index in [1.165, 1.54) is 12.1 Å². The Morgan fingerprint density at radius 1 is 1.38 bits per heavy atom. The summed E-state index contributed by atoms with van der Waals surface area (Å²) in [5.74, 6) is -1.28. The minimum atomic E-state index is -1.14. The molecule has 0 radical (unpaired) electrons. The van der Waals surface area contributed by atoms with Crippen LogP contribution in [0, 0.1) is 11.3 Å². The number of aryl methyl sites for hydroxylation is 1. The normalized spacial score (nSPS) is 10.3. The van der Waals surface area contributed by atoms with Crippen LogP contribution in [-0.2, 0) is 12.8 Å². The van der Waals surface area contributed by atoms with E-state index in [0.717, 1.165) is 23.0 Å². The lowest BCUT2D eigenvalue weighted by Crippen LogP contribution is -2.04. The molecule has 0 aliphatic carbocycles. The van der Waals surface area contributed by atoms with Gasteiger partial charge < -0.3 is 9.52 Å². The number of carboxylic acid groups (broad SMARTS) is 1. The lowest BCUT2D eigenvalue weighted by Gasteiger charge is -2.08. The predicted molar refractivity (Wildman–Crippen MR) is 75.3 cm³/mol. The second-order valence-electron chi connectivity index (χ2n) is 4.15. The zero-order valence-corrected chi connectivity index (χ0v) is 12.4. The third-order valence-electron chi connectivity index (χ3n) is 2.92. The molecule has 2 aromatic rings. The van der Waals surface area contributed by atoms with Gasteiger partial charge in [-0.05, 0) is 42.3 Å². The number of hydrogen-bond acceptors (Lipinski definition) is 6. The van der Waals surface area contributed by atoms with E-state index in [-0.39, 0.29) is 5.76 Å². The number of aromatic carboxylic acids is 1. The standard InChI is InChI=1S/C14H13N3O3S/c1-3-8-9(7-15)13(17-16-10(8)4-2)21-12-6-5-11(20-12)14(18)19/h5-6H,3-4H2,1-2H3,(H,18,19). The zero-order valence-electron chi connectivity index (χ0n) is 11.6. The average Bonchev–Trinajstić information content (AvgIpc) is 2.95. The van der Waals surface area contributed by atoms with Crippen LogP contribution in [0.5, 0.6) is 0 Å². The van der Waals surface area contributed by atoms with Gasteiger partial charge in [0.15, 0.2) is 5.09 Å². The Morgan fingerprint density at radius 3 is 2.67 bits per heavy atom. The minimum absolute atomic E-state index is 0.148. The molecular weight excluding hydrogens is 290 g/mol. The van der Waals surface area contributed by atoms with Gasteiger partial charge in [-0.2, -0.15) is 10.4 Å². The van der Waals surface area contributed by atoms with Crippen molar-refractivity contribution < 1.29 is 14.3 Å². The summed E-state index contributed by atoms with van der Waals surface area (Å²) in [4.78, 5) is 10.8. The van der Waals surface area contributed by atoms with Gasteiger partial charge in [0.1, 0.15) is 11.1 Å². The lowest BCUT2D eigenvalue weighted by atomic mass is 10.1. The Hall–Kier alpha value is -2.33. The molecule has 0 fully saturated rings. The third-order valence-corrected chi connectivity index (χ3v) is 3.81. The first-order chi connectivity index (χ1) is 10.1. The van der Waals surface area contributed by atoms with Crippen molar-refractivity contribution in [1.82, 2.24) is 10.2 Å². The molecule has 0 spiro atoms. The Morgan fingerprint density at radius 2 is 2.14 bits per heavy atom. The van der Waals surface area contributed by atoms with E-state index in [0.29, 0.717) is 28.5 Å². The predicted octanol–water partition coefficient (Wildman–Crippen LogP) is 2.92. The van der Waals surface area contributed by atoms with Gasteiger partial charge in [0, 0.05) is 0 Å². The van der Waals surface area contributed by atoms with E-state index < -0.39 is 5.97 Å². The number of carboxylic acids is 1. The van der Waals surface area contributed by atoms with Gasteiger partial charge >= 0.3 is 5.97 Å². The van der Waals surface area contributed by atoms with Crippen LogP contribution >= 0.6 is 11.8 Å². The molecule has 0 unspecified atom stereocenters. The summed E-state index contributed by atoms with van der Waals surface area (Å²) in [6.45, 7) is 3.92. The average molecular weight is 303 g/mol. The SMILES string of the molecule is CCc1nnc(Sc2ccc(C(=O)O)o2)c(C#N)c1CC. The Labute approximate surface area is 125 Å². The Bertz CT molecular complexity index is 719. The summed E-state index contributed by atoms with van der Waals surface area (Å²) in [7, 11) is 0. The Balaban J connectivity index is 2.40. The van der Waals surface area contributed by atoms with Gasteiger partial charge in [-0.15, -0.1) is 5.10 Å². The molecular formula is C14H13N3O3S. The number of furan rings is 1. The van der Waals surface area contributed by atoms with Gasteiger partial charge in [0.25, 0.3) is 0 Å². The van der Waals surface area contributed by atoms with Crippen LogP contribution in [0.25, 0.3) is 0 Å². The maximum atomic E-state index is 10.8. The van der Waals surface area contributed by atoms with Crippen LogP contribution in [0.4, 0.5) is 0 Å². The first-order valence-corrected chi connectivity index (χ1v) is 7.21.